The fourth-order valence-corrected chi connectivity index (χ4v) is 4.24. The van der Waals surface area contributed by atoms with Crippen LogP contribution in [-0.2, 0) is 22.9 Å². The van der Waals surface area contributed by atoms with Crippen LogP contribution in [0, 0.1) is 0 Å². The number of anilines is 1. The zero-order chi connectivity index (χ0) is 16.9. The Morgan fingerprint density at radius 1 is 1.50 bits per heavy atom. The molecule has 0 spiro atoms. The summed E-state index contributed by atoms with van der Waals surface area (Å²) in [4.78, 5) is 12.1. The molecule has 5 atom stereocenters. The molecule has 12 heteroatoms. The quantitative estimate of drug-likeness (QED) is 0.732. The summed E-state index contributed by atoms with van der Waals surface area (Å²) in [6.07, 6.45) is -0.642. The van der Waals surface area contributed by atoms with Gasteiger partial charge in [-0.05, 0) is 6.92 Å². The first-order valence-corrected chi connectivity index (χ1v) is 8.82. The number of phosphoric ester groups is 1. The molecule has 0 aromatic carbocycles. The molecule has 2 fully saturated rings. The molecule has 0 saturated carbocycles. The van der Waals surface area contributed by atoms with E-state index in [1.165, 1.54) is 17.2 Å². The van der Waals surface area contributed by atoms with Crippen LogP contribution in [0.15, 0.2) is 12.7 Å². The Morgan fingerprint density at radius 3 is 3.12 bits per heavy atom. The molecule has 0 unspecified atom stereocenters. The van der Waals surface area contributed by atoms with Crippen LogP contribution < -0.4 is 5.73 Å². The second-order valence-corrected chi connectivity index (χ2v) is 6.99. The predicted octanol–water partition coefficient (Wildman–Crippen LogP) is 0.227. The highest BCUT2D eigenvalue weighted by Gasteiger charge is 2.53. The van der Waals surface area contributed by atoms with E-state index in [1.807, 2.05) is 0 Å². The largest absolute Gasteiger partial charge is 0.475 e. The number of fused-ring (bicyclic) bond motifs is 2. The number of hydrogen-bond acceptors (Lipinski definition) is 10. The predicted molar refractivity (Wildman–Crippen MR) is 79.7 cm³/mol. The summed E-state index contributed by atoms with van der Waals surface area (Å²) in [7, 11) is -3.69. The van der Waals surface area contributed by atoms with E-state index in [9.17, 15) is 9.67 Å². The molecule has 4 rings (SSSR count). The van der Waals surface area contributed by atoms with Crippen LogP contribution in [0.5, 0.6) is 0 Å². The minimum atomic E-state index is -3.69. The van der Waals surface area contributed by atoms with Gasteiger partial charge in [-0.15, -0.1) is 0 Å². The van der Waals surface area contributed by atoms with Crippen LogP contribution in [0.3, 0.4) is 0 Å². The Morgan fingerprint density at radius 2 is 2.33 bits per heavy atom. The lowest BCUT2D eigenvalue weighted by Crippen LogP contribution is -2.39. The third-order valence-corrected chi connectivity index (χ3v) is 5.45. The van der Waals surface area contributed by atoms with Gasteiger partial charge in [0, 0.05) is 0 Å². The van der Waals surface area contributed by atoms with Crippen LogP contribution >= 0.6 is 7.82 Å². The first kappa shape index (κ1) is 15.9. The standard InChI is InChI=1S/C12H16N5O6P/c1-2-20-24(19)21-3-6-9(23-24)8(18)12(22-6)17-5-16-7-10(13)14-4-15-11(7)17/h4-6,8-9,12,18H,2-3H2,1H3,(H2,13,14,15)/t6-,8+,9-,12-,24-/m1/s1. The van der Waals surface area contributed by atoms with Gasteiger partial charge in [0.2, 0.25) is 0 Å². The topological polar surface area (TPSA) is 144 Å². The number of hydrogen-bond donors (Lipinski definition) is 2. The van der Waals surface area contributed by atoms with E-state index >= 15 is 0 Å². The number of aliphatic hydroxyl groups is 1. The fourth-order valence-electron chi connectivity index (χ4n) is 2.84. The third kappa shape index (κ3) is 2.41. The third-order valence-electron chi connectivity index (χ3n) is 3.91. The fraction of sp³-hybridized carbons (Fsp3) is 0.583. The molecule has 2 aliphatic heterocycles. The van der Waals surface area contributed by atoms with Crippen molar-refractivity contribution in [1.82, 2.24) is 19.5 Å². The van der Waals surface area contributed by atoms with Gasteiger partial charge in [-0.25, -0.2) is 19.5 Å². The monoisotopic (exact) mass is 357 g/mol. The van der Waals surface area contributed by atoms with Crippen molar-refractivity contribution in [3.05, 3.63) is 12.7 Å². The van der Waals surface area contributed by atoms with Gasteiger partial charge in [-0.2, -0.15) is 0 Å². The smallest absolute Gasteiger partial charge is 0.386 e. The van der Waals surface area contributed by atoms with E-state index in [1.54, 1.807) is 6.92 Å². The summed E-state index contributed by atoms with van der Waals surface area (Å²) >= 11 is 0. The van der Waals surface area contributed by atoms with E-state index in [0.29, 0.717) is 11.2 Å². The highest BCUT2D eigenvalue weighted by atomic mass is 31.2. The average Bonchev–Trinajstić information content (AvgIpc) is 3.10. The molecule has 3 N–H and O–H groups in total. The summed E-state index contributed by atoms with van der Waals surface area (Å²) in [6.45, 7) is 1.82. The van der Waals surface area contributed by atoms with Crippen molar-refractivity contribution >= 4 is 24.8 Å². The van der Waals surface area contributed by atoms with Crippen LogP contribution in [0.1, 0.15) is 13.2 Å². The second-order valence-electron chi connectivity index (χ2n) is 5.37. The summed E-state index contributed by atoms with van der Waals surface area (Å²) in [5.41, 5.74) is 6.58. The van der Waals surface area contributed by atoms with Crippen LogP contribution in [0.2, 0.25) is 0 Å². The summed E-state index contributed by atoms with van der Waals surface area (Å²) in [5.74, 6) is 0.226. The van der Waals surface area contributed by atoms with Crippen molar-refractivity contribution in [2.75, 3.05) is 18.9 Å². The van der Waals surface area contributed by atoms with Gasteiger partial charge in [-0.3, -0.25) is 18.1 Å². The first-order valence-electron chi connectivity index (χ1n) is 7.36. The molecule has 0 bridgehead atoms. The summed E-state index contributed by atoms with van der Waals surface area (Å²) in [6, 6.07) is 0. The SMILES string of the molecule is CCO[P@]1(=O)OC[C@H]2O[C@@H](n3cnc4c(N)ncnc43)[C@@H](O)[C@@H]2O1. The molecular weight excluding hydrogens is 341 g/mol. The zero-order valence-corrected chi connectivity index (χ0v) is 13.6. The Bertz CT molecular complexity index is 814. The second kappa shape index (κ2) is 5.73. The van der Waals surface area contributed by atoms with Gasteiger partial charge in [0.25, 0.3) is 0 Å². The van der Waals surface area contributed by atoms with E-state index in [4.69, 9.17) is 24.0 Å². The molecule has 0 aliphatic carbocycles. The number of aliphatic hydroxyl groups excluding tert-OH is 1. The number of ether oxygens (including phenoxy) is 1. The number of imidazole rings is 1. The normalized spacial score (nSPS) is 36.1. The number of nitrogens with zero attached hydrogens (tertiary/aromatic N) is 4. The van der Waals surface area contributed by atoms with Gasteiger partial charge in [0.05, 0.1) is 19.5 Å². The molecule has 24 heavy (non-hydrogen) atoms. The average molecular weight is 357 g/mol. The van der Waals surface area contributed by atoms with Crippen molar-refractivity contribution in [2.24, 2.45) is 0 Å². The van der Waals surface area contributed by atoms with Gasteiger partial charge in [-0.1, -0.05) is 0 Å². The number of rotatable bonds is 3. The molecule has 2 aliphatic rings. The Hall–Kier alpha value is -1.62. The van der Waals surface area contributed by atoms with Crippen LogP contribution in [0.25, 0.3) is 11.2 Å². The minimum absolute atomic E-state index is 0.0146. The van der Waals surface area contributed by atoms with E-state index in [2.05, 4.69) is 15.0 Å². The number of nitrogen functional groups attached to an aromatic ring is 1. The molecule has 4 heterocycles. The Labute approximate surface area is 136 Å². The minimum Gasteiger partial charge on any atom is -0.386 e. The number of phosphoric acid groups is 1. The molecule has 0 amide bonds. The lowest BCUT2D eigenvalue weighted by atomic mass is 10.1. The molecule has 2 aromatic rings. The maximum absolute atomic E-state index is 12.3. The first-order chi connectivity index (χ1) is 11.5. The molecule has 2 aromatic heterocycles. The van der Waals surface area contributed by atoms with Gasteiger partial charge < -0.3 is 15.6 Å². The molecule has 11 nitrogen and oxygen atoms in total. The summed E-state index contributed by atoms with van der Waals surface area (Å²) < 4.78 is 35.1. The van der Waals surface area contributed by atoms with E-state index in [0.717, 1.165) is 0 Å². The van der Waals surface area contributed by atoms with Crippen LogP contribution in [0.4, 0.5) is 5.82 Å². The van der Waals surface area contributed by atoms with Crippen molar-refractivity contribution in [3.63, 3.8) is 0 Å². The Kier molecular flexibility index (Phi) is 3.79. The van der Waals surface area contributed by atoms with E-state index < -0.39 is 32.4 Å². The van der Waals surface area contributed by atoms with Crippen molar-refractivity contribution in [3.8, 4) is 0 Å². The van der Waals surface area contributed by atoms with Gasteiger partial charge >= 0.3 is 7.82 Å². The molecule has 2 saturated heterocycles. The molecule has 0 radical (unpaired) electrons. The van der Waals surface area contributed by atoms with Gasteiger partial charge in [0.15, 0.2) is 17.7 Å². The highest BCUT2D eigenvalue weighted by Crippen LogP contribution is 2.56. The lowest BCUT2D eigenvalue weighted by molar-refractivity contribution is -0.0701. The highest BCUT2D eigenvalue weighted by molar-refractivity contribution is 7.48. The lowest BCUT2D eigenvalue weighted by Gasteiger charge is -2.30. The number of aromatic nitrogens is 4. The van der Waals surface area contributed by atoms with E-state index in [-0.39, 0.29) is 19.0 Å². The molecule has 130 valence electrons. The molecular formula is C12H16N5O6P. The maximum atomic E-state index is 12.3. The summed E-state index contributed by atoms with van der Waals surface area (Å²) in [5, 5.41) is 10.6. The van der Waals surface area contributed by atoms with Crippen molar-refractivity contribution in [2.45, 2.75) is 31.5 Å². The Balaban J connectivity index is 1.64. The van der Waals surface area contributed by atoms with Crippen LogP contribution in [-0.4, -0.2) is 56.2 Å². The maximum Gasteiger partial charge on any atom is 0.475 e. The zero-order valence-electron chi connectivity index (χ0n) is 12.7. The van der Waals surface area contributed by atoms with Crippen molar-refractivity contribution < 1.29 is 28.0 Å². The van der Waals surface area contributed by atoms with Crippen molar-refractivity contribution in [1.29, 1.82) is 0 Å². The van der Waals surface area contributed by atoms with Gasteiger partial charge in [0.1, 0.15) is 30.2 Å². The number of nitrogens with two attached hydrogens (primary N) is 1.